The predicted octanol–water partition coefficient (Wildman–Crippen LogP) is 3.61. The molecule has 1 unspecified atom stereocenters. The molecule has 39 heavy (non-hydrogen) atoms. The molecule has 0 aliphatic carbocycles. The molecule has 10 heteroatoms. The summed E-state index contributed by atoms with van der Waals surface area (Å²) in [5, 5.41) is 0. The molecule has 0 saturated heterocycles. The standard InChI is InChI=1S/C29H32N2O7S/c1-8-37-28(33)25-17(4)30-29-31(26(25)19-10-12-21(38-16(2)3)23(13-19)36-7)27(32)24(39-29)14-18-9-11-20(34-5)15-22(18)35-6/h9-16,26H,8H2,1-7H3. The molecule has 206 valence electrons. The fraction of sp³-hybridized carbons (Fsp3) is 0.345. The number of ether oxygens (including phenoxy) is 5. The second-order valence-corrected chi connectivity index (χ2v) is 10.00. The van der Waals surface area contributed by atoms with Crippen molar-refractivity contribution >= 4 is 23.4 Å². The van der Waals surface area contributed by atoms with Crippen LogP contribution in [-0.2, 0) is 9.53 Å². The van der Waals surface area contributed by atoms with Crippen LogP contribution in [-0.4, -0.2) is 44.6 Å². The van der Waals surface area contributed by atoms with Crippen LogP contribution < -0.4 is 33.8 Å². The van der Waals surface area contributed by atoms with Crippen molar-refractivity contribution in [3.8, 4) is 23.0 Å². The third-order valence-corrected chi connectivity index (χ3v) is 7.09. The van der Waals surface area contributed by atoms with Gasteiger partial charge in [0.1, 0.15) is 11.5 Å². The van der Waals surface area contributed by atoms with Crippen molar-refractivity contribution in [2.24, 2.45) is 4.99 Å². The Kier molecular flexibility index (Phi) is 8.44. The third kappa shape index (κ3) is 5.56. The minimum atomic E-state index is -0.776. The molecule has 3 aromatic rings. The van der Waals surface area contributed by atoms with Gasteiger partial charge in [0.2, 0.25) is 0 Å². The van der Waals surface area contributed by atoms with Gasteiger partial charge in [-0.2, -0.15) is 0 Å². The van der Waals surface area contributed by atoms with E-state index < -0.39 is 12.0 Å². The Balaban J connectivity index is 1.95. The van der Waals surface area contributed by atoms with Crippen LogP contribution in [0.2, 0.25) is 0 Å². The Labute approximate surface area is 230 Å². The van der Waals surface area contributed by atoms with Gasteiger partial charge in [-0.15, -0.1) is 0 Å². The maximum Gasteiger partial charge on any atom is 0.338 e. The average molecular weight is 553 g/mol. The summed E-state index contributed by atoms with van der Waals surface area (Å²) in [5.74, 6) is 1.72. The summed E-state index contributed by atoms with van der Waals surface area (Å²) < 4.78 is 29.6. The van der Waals surface area contributed by atoms with Crippen LogP contribution in [0.15, 0.2) is 57.5 Å². The average Bonchev–Trinajstić information content (AvgIpc) is 3.22. The first-order valence-electron chi connectivity index (χ1n) is 12.5. The first-order chi connectivity index (χ1) is 18.7. The fourth-order valence-electron chi connectivity index (χ4n) is 4.39. The number of fused-ring (bicyclic) bond motifs is 1. The van der Waals surface area contributed by atoms with Crippen LogP contribution in [0.25, 0.3) is 6.08 Å². The summed E-state index contributed by atoms with van der Waals surface area (Å²) in [6.07, 6.45) is 1.69. The Bertz CT molecular complexity index is 1600. The Morgan fingerprint density at radius 1 is 1.05 bits per heavy atom. The third-order valence-electron chi connectivity index (χ3n) is 6.11. The van der Waals surface area contributed by atoms with Gasteiger partial charge in [0, 0.05) is 11.6 Å². The zero-order valence-corrected chi connectivity index (χ0v) is 23.9. The molecule has 0 bridgehead atoms. The Morgan fingerprint density at radius 2 is 1.79 bits per heavy atom. The number of allylic oxidation sites excluding steroid dienone is 1. The van der Waals surface area contributed by atoms with E-state index in [4.69, 9.17) is 23.7 Å². The summed E-state index contributed by atoms with van der Waals surface area (Å²) in [4.78, 5) is 32.2. The van der Waals surface area contributed by atoms with E-state index in [1.807, 2.05) is 26.0 Å². The minimum absolute atomic E-state index is 0.0606. The van der Waals surface area contributed by atoms with Gasteiger partial charge in [0.15, 0.2) is 16.3 Å². The van der Waals surface area contributed by atoms with Crippen molar-refractivity contribution in [2.75, 3.05) is 27.9 Å². The smallest absolute Gasteiger partial charge is 0.338 e. The normalized spacial score (nSPS) is 15.1. The van der Waals surface area contributed by atoms with Gasteiger partial charge >= 0.3 is 5.97 Å². The van der Waals surface area contributed by atoms with Crippen molar-refractivity contribution in [3.63, 3.8) is 0 Å². The molecule has 1 aromatic heterocycles. The van der Waals surface area contributed by atoms with Crippen LogP contribution in [0, 0.1) is 0 Å². The van der Waals surface area contributed by atoms with E-state index in [-0.39, 0.29) is 23.8 Å². The maximum atomic E-state index is 13.9. The SMILES string of the molecule is CCOC(=O)C1=C(C)N=c2sc(=Cc3ccc(OC)cc3OC)c(=O)n2C1c1ccc(OC(C)C)c(OC)c1. The molecule has 0 saturated carbocycles. The molecular formula is C29H32N2O7S. The molecule has 9 nitrogen and oxygen atoms in total. The predicted molar refractivity (Wildman–Crippen MR) is 149 cm³/mol. The second kappa shape index (κ2) is 11.8. The van der Waals surface area contributed by atoms with Crippen molar-refractivity contribution in [3.05, 3.63) is 78.5 Å². The van der Waals surface area contributed by atoms with Gasteiger partial charge in [-0.25, -0.2) is 9.79 Å². The van der Waals surface area contributed by atoms with Gasteiger partial charge in [0.25, 0.3) is 5.56 Å². The highest BCUT2D eigenvalue weighted by Crippen LogP contribution is 2.36. The highest BCUT2D eigenvalue weighted by Gasteiger charge is 2.34. The van der Waals surface area contributed by atoms with Crippen LogP contribution in [0.4, 0.5) is 0 Å². The maximum absolute atomic E-state index is 13.9. The Hall–Kier alpha value is -4.05. The summed E-state index contributed by atoms with van der Waals surface area (Å²) in [6, 6.07) is 9.98. The number of methoxy groups -OCH3 is 3. The van der Waals surface area contributed by atoms with Gasteiger partial charge < -0.3 is 23.7 Å². The monoisotopic (exact) mass is 552 g/mol. The number of thiazole rings is 1. The molecule has 0 amide bonds. The molecular weight excluding hydrogens is 520 g/mol. The summed E-state index contributed by atoms with van der Waals surface area (Å²) >= 11 is 1.24. The number of hydrogen-bond donors (Lipinski definition) is 0. The first kappa shape index (κ1) is 28.0. The number of carbonyl (C=O) groups is 1. The molecule has 2 heterocycles. The molecule has 1 atom stereocenters. The van der Waals surface area contributed by atoms with Crippen LogP contribution in [0.3, 0.4) is 0 Å². The molecule has 1 aliphatic heterocycles. The van der Waals surface area contributed by atoms with E-state index in [0.29, 0.717) is 49.2 Å². The van der Waals surface area contributed by atoms with E-state index in [0.717, 1.165) is 0 Å². The van der Waals surface area contributed by atoms with Crippen molar-refractivity contribution < 1.29 is 28.5 Å². The molecule has 0 N–H and O–H groups in total. The van der Waals surface area contributed by atoms with Gasteiger partial charge in [-0.3, -0.25) is 9.36 Å². The summed E-state index contributed by atoms with van der Waals surface area (Å²) in [6.45, 7) is 7.52. The van der Waals surface area contributed by atoms with Crippen molar-refractivity contribution in [1.29, 1.82) is 0 Å². The largest absolute Gasteiger partial charge is 0.497 e. The van der Waals surface area contributed by atoms with E-state index in [2.05, 4.69) is 4.99 Å². The fourth-order valence-corrected chi connectivity index (χ4v) is 5.43. The highest BCUT2D eigenvalue weighted by molar-refractivity contribution is 7.07. The summed E-state index contributed by atoms with van der Waals surface area (Å²) in [7, 11) is 4.68. The molecule has 0 spiro atoms. The van der Waals surface area contributed by atoms with Gasteiger partial charge in [-0.05, 0) is 63.6 Å². The topological polar surface area (TPSA) is 97.6 Å². The Morgan fingerprint density at radius 3 is 2.44 bits per heavy atom. The lowest BCUT2D eigenvalue weighted by Gasteiger charge is -2.25. The van der Waals surface area contributed by atoms with Crippen molar-refractivity contribution in [1.82, 2.24) is 4.57 Å². The molecule has 0 radical (unpaired) electrons. The quantitative estimate of drug-likeness (QED) is 0.374. The van der Waals surface area contributed by atoms with E-state index in [9.17, 15) is 9.59 Å². The number of rotatable bonds is 9. The number of esters is 1. The van der Waals surface area contributed by atoms with Gasteiger partial charge in [-0.1, -0.05) is 17.4 Å². The van der Waals surface area contributed by atoms with E-state index in [1.54, 1.807) is 65.5 Å². The molecule has 2 aromatic carbocycles. The van der Waals surface area contributed by atoms with Crippen LogP contribution >= 0.6 is 11.3 Å². The molecule has 1 aliphatic rings. The molecule has 0 fully saturated rings. The highest BCUT2D eigenvalue weighted by atomic mass is 32.1. The number of aromatic nitrogens is 1. The number of nitrogens with zero attached hydrogens (tertiary/aromatic N) is 2. The van der Waals surface area contributed by atoms with Crippen LogP contribution in [0.5, 0.6) is 23.0 Å². The van der Waals surface area contributed by atoms with E-state index >= 15 is 0 Å². The second-order valence-electron chi connectivity index (χ2n) is 8.99. The number of carbonyl (C=O) groups excluding carboxylic acids is 1. The first-order valence-corrected chi connectivity index (χ1v) is 13.3. The van der Waals surface area contributed by atoms with Gasteiger partial charge in [0.05, 0.1) is 55.9 Å². The number of benzene rings is 2. The zero-order valence-electron chi connectivity index (χ0n) is 23.1. The number of hydrogen-bond acceptors (Lipinski definition) is 9. The lowest BCUT2D eigenvalue weighted by Crippen LogP contribution is -2.40. The van der Waals surface area contributed by atoms with Crippen LogP contribution in [0.1, 0.15) is 44.9 Å². The summed E-state index contributed by atoms with van der Waals surface area (Å²) in [5.41, 5.74) is 1.85. The minimum Gasteiger partial charge on any atom is -0.497 e. The lowest BCUT2D eigenvalue weighted by atomic mass is 9.95. The molecule has 4 rings (SSSR count). The zero-order chi connectivity index (χ0) is 28.3. The van der Waals surface area contributed by atoms with E-state index in [1.165, 1.54) is 15.9 Å². The lowest BCUT2D eigenvalue weighted by molar-refractivity contribution is -0.139. The van der Waals surface area contributed by atoms with Crippen molar-refractivity contribution in [2.45, 2.75) is 39.8 Å².